The van der Waals surface area contributed by atoms with Crippen LogP contribution in [0, 0.1) is 10.1 Å². The predicted octanol–water partition coefficient (Wildman–Crippen LogP) is 5.02. The first-order valence-electron chi connectivity index (χ1n) is 6.63. The van der Waals surface area contributed by atoms with Crippen LogP contribution in [0.4, 0.5) is 18.9 Å². The summed E-state index contributed by atoms with van der Waals surface area (Å²) in [6.45, 7) is 0.0371. The minimum atomic E-state index is -4.50. The molecule has 2 aromatic rings. The Morgan fingerprint density at radius 1 is 1.12 bits per heavy atom. The molecular formula is C15H11ClF3NO4. The highest BCUT2D eigenvalue weighted by Gasteiger charge is 2.30. The van der Waals surface area contributed by atoms with E-state index < -0.39 is 16.7 Å². The zero-order valence-electron chi connectivity index (χ0n) is 12.0. The third-order valence-corrected chi connectivity index (χ3v) is 3.01. The van der Waals surface area contributed by atoms with E-state index >= 15 is 0 Å². The van der Waals surface area contributed by atoms with Crippen LogP contribution in [0.3, 0.4) is 0 Å². The predicted molar refractivity (Wildman–Crippen MR) is 80.8 cm³/mol. The first kappa shape index (κ1) is 17.9. The molecule has 128 valence electrons. The van der Waals surface area contributed by atoms with E-state index in [4.69, 9.17) is 21.1 Å². The molecule has 0 saturated carbocycles. The summed E-state index contributed by atoms with van der Waals surface area (Å²) in [5, 5.41) is 10.9. The fourth-order valence-corrected chi connectivity index (χ4v) is 1.92. The Hall–Kier alpha value is -2.48. The summed E-state index contributed by atoms with van der Waals surface area (Å²) in [5.74, 6) is 0.0900. The Kier molecular flexibility index (Phi) is 5.50. The highest BCUT2D eigenvalue weighted by molar-refractivity contribution is 6.18. The smallest absolute Gasteiger partial charge is 0.416 e. The van der Waals surface area contributed by atoms with Crippen LogP contribution in [-0.2, 0) is 6.18 Å². The lowest BCUT2D eigenvalue weighted by atomic mass is 10.2. The van der Waals surface area contributed by atoms with E-state index in [2.05, 4.69) is 0 Å². The summed E-state index contributed by atoms with van der Waals surface area (Å²) >= 11 is 5.48. The van der Waals surface area contributed by atoms with Crippen molar-refractivity contribution in [2.75, 3.05) is 12.5 Å². The van der Waals surface area contributed by atoms with Gasteiger partial charge in [0.2, 0.25) is 5.75 Å². The van der Waals surface area contributed by atoms with Gasteiger partial charge in [0.25, 0.3) is 0 Å². The zero-order chi connectivity index (χ0) is 17.7. The Morgan fingerprint density at radius 3 is 2.46 bits per heavy atom. The monoisotopic (exact) mass is 361 g/mol. The zero-order valence-corrected chi connectivity index (χ0v) is 12.8. The molecule has 24 heavy (non-hydrogen) atoms. The van der Waals surface area contributed by atoms with Gasteiger partial charge in [-0.25, -0.2) is 0 Å². The minimum Gasteiger partial charge on any atom is -0.485 e. The third-order valence-electron chi connectivity index (χ3n) is 2.86. The molecule has 0 bridgehead atoms. The molecule has 0 aliphatic carbocycles. The fraction of sp³-hybridized carbons (Fsp3) is 0.200. The summed E-state index contributed by atoms with van der Waals surface area (Å²) in [5.41, 5.74) is -1.16. The molecule has 0 amide bonds. The van der Waals surface area contributed by atoms with Gasteiger partial charge in [0, 0.05) is 12.1 Å². The van der Waals surface area contributed by atoms with Gasteiger partial charge in [0.15, 0.2) is 0 Å². The molecule has 0 unspecified atom stereocenters. The standard InChI is InChI=1S/C15H11ClF3NO4/c16-6-7-23-14-9-12(4-5-13(14)20(21)22)24-11-3-1-2-10(8-11)15(17,18)19/h1-5,8-9H,6-7H2. The van der Waals surface area contributed by atoms with Gasteiger partial charge < -0.3 is 9.47 Å². The van der Waals surface area contributed by atoms with Crippen molar-refractivity contribution >= 4 is 17.3 Å². The number of hydrogen-bond donors (Lipinski definition) is 0. The largest absolute Gasteiger partial charge is 0.485 e. The first-order chi connectivity index (χ1) is 11.3. The maximum absolute atomic E-state index is 12.7. The molecule has 0 spiro atoms. The molecule has 0 fully saturated rings. The number of ether oxygens (including phenoxy) is 2. The van der Waals surface area contributed by atoms with Gasteiger partial charge >= 0.3 is 11.9 Å². The molecule has 2 aromatic carbocycles. The van der Waals surface area contributed by atoms with Crippen LogP contribution >= 0.6 is 11.6 Å². The van der Waals surface area contributed by atoms with E-state index in [0.717, 1.165) is 18.2 Å². The minimum absolute atomic E-state index is 0.0371. The van der Waals surface area contributed by atoms with Crippen molar-refractivity contribution in [1.82, 2.24) is 0 Å². The molecule has 0 saturated heterocycles. The summed E-state index contributed by atoms with van der Waals surface area (Å²) in [4.78, 5) is 10.3. The molecule has 5 nitrogen and oxygen atoms in total. The summed E-state index contributed by atoms with van der Waals surface area (Å²) < 4.78 is 48.6. The van der Waals surface area contributed by atoms with Crippen LogP contribution in [0.5, 0.6) is 17.2 Å². The number of nitro groups is 1. The Labute approximate surface area is 139 Å². The van der Waals surface area contributed by atoms with E-state index in [-0.39, 0.29) is 35.4 Å². The van der Waals surface area contributed by atoms with Crippen molar-refractivity contribution in [3.8, 4) is 17.2 Å². The molecule has 0 aromatic heterocycles. The van der Waals surface area contributed by atoms with Crippen LogP contribution < -0.4 is 9.47 Å². The van der Waals surface area contributed by atoms with Crippen LogP contribution in [-0.4, -0.2) is 17.4 Å². The number of alkyl halides is 4. The summed E-state index contributed by atoms with van der Waals surface area (Å²) in [7, 11) is 0. The molecule has 0 aliphatic heterocycles. The lowest BCUT2D eigenvalue weighted by Gasteiger charge is -2.11. The second-order valence-corrected chi connectivity index (χ2v) is 4.93. The van der Waals surface area contributed by atoms with E-state index in [1.54, 1.807) is 0 Å². The molecule has 0 heterocycles. The highest BCUT2D eigenvalue weighted by Crippen LogP contribution is 2.35. The number of nitrogens with zero attached hydrogens (tertiary/aromatic N) is 1. The van der Waals surface area contributed by atoms with Crippen molar-refractivity contribution in [2.24, 2.45) is 0 Å². The van der Waals surface area contributed by atoms with E-state index in [1.807, 2.05) is 0 Å². The number of rotatable bonds is 6. The Morgan fingerprint density at radius 2 is 1.83 bits per heavy atom. The normalized spacial score (nSPS) is 11.2. The van der Waals surface area contributed by atoms with Gasteiger partial charge in [0.1, 0.15) is 18.1 Å². The quantitative estimate of drug-likeness (QED) is 0.411. The van der Waals surface area contributed by atoms with Crippen molar-refractivity contribution < 1.29 is 27.6 Å². The lowest BCUT2D eigenvalue weighted by molar-refractivity contribution is -0.385. The van der Waals surface area contributed by atoms with Gasteiger partial charge in [-0.15, -0.1) is 11.6 Å². The van der Waals surface area contributed by atoms with Crippen LogP contribution in [0.1, 0.15) is 5.56 Å². The second kappa shape index (κ2) is 7.39. The van der Waals surface area contributed by atoms with Crippen molar-refractivity contribution in [3.05, 3.63) is 58.1 Å². The first-order valence-corrected chi connectivity index (χ1v) is 7.17. The van der Waals surface area contributed by atoms with Gasteiger partial charge in [-0.05, 0) is 24.3 Å². The average Bonchev–Trinajstić information content (AvgIpc) is 2.52. The number of halogens is 4. The maximum Gasteiger partial charge on any atom is 0.416 e. The highest BCUT2D eigenvalue weighted by atomic mass is 35.5. The topological polar surface area (TPSA) is 61.6 Å². The van der Waals surface area contributed by atoms with Crippen molar-refractivity contribution in [1.29, 1.82) is 0 Å². The molecule has 0 radical (unpaired) electrons. The van der Waals surface area contributed by atoms with Gasteiger partial charge in [0.05, 0.1) is 16.4 Å². The second-order valence-electron chi connectivity index (χ2n) is 4.55. The summed E-state index contributed by atoms with van der Waals surface area (Å²) in [6.07, 6.45) is -4.50. The number of nitro benzene ring substituents is 1. The average molecular weight is 362 g/mol. The third kappa shape index (κ3) is 4.51. The summed E-state index contributed by atoms with van der Waals surface area (Å²) in [6, 6.07) is 7.94. The number of benzene rings is 2. The van der Waals surface area contributed by atoms with Gasteiger partial charge in [-0.3, -0.25) is 10.1 Å². The van der Waals surface area contributed by atoms with Gasteiger partial charge in [-0.1, -0.05) is 6.07 Å². The van der Waals surface area contributed by atoms with Crippen molar-refractivity contribution in [2.45, 2.75) is 6.18 Å². The maximum atomic E-state index is 12.7. The van der Waals surface area contributed by atoms with Crippen LogP contribution in [0.25, 0.3) is 0 Å². The van der Waals surface area contributed by atoms with Crippen molar-refractivity contribution in [3.63, 3.8) is 0 Å². The molecule has 2 rings (SSSR count). The van der Waals surface area contributed by atoms with Crippen LogP contribution in [0.2, 0.25) is 0 Å². The Balaban J connectivity index is 2.28. The van der Waals surface area contributed by atoms with Crippen LogP contribution in [0.15, 0.2) is 42.5 Å². The van der Waals surface area contributed by atoms with E-state index in [0.29, 0.717) is 0 Å². The number of hydrogen-bond acceptors (Lipinski definition) is 4. The fourth-order valence-electron chi connectivity index (χ4n) is 1.84. The molecule has 0 N–H and O–H groups in total. The molecule has 0 atom stereocenters. The Bertz CT molecular complexity index is 737. The van der Waals surface area contributed by atoms with E-state index in [9.17, 15) is 23.3 Å². The SMILES string of the molecule is O=[N+]([O-])c1ccc(Oc2cccc(C(F)(F)F)c2)cc1OCCCl. The van der Waals surface area contributed by atoms with E-state index in [1.165, 1.54) is 24.3 Å². The molecule has 0 aliphatic rings. The van der Waals surface area contributed by atoms with Gasteiger partial charge in [-0.2, -0.15) is 13.2 Å². The lowest BCUT2D eigenvalue weighted by Crippen LogP contribution is -2.04. The molecular weight excluding hydrogens is 351 g/mol. The molecule has 9 heteroatoms.